The molecule has 22 heavy (non-hydrogen) atoms. The summed E-state index contributed by atoms with van der Waals surface area (Å²) in [5.41, 5.74) is 0.159. The third-order valence-electron chi connectivity index (χ3n) is 4.76. The first-order valence-electron chi connectivity index (χ1n) is 6.90. The maximum absolute atomic E-state index is 13.8. The molecule has 4 atom stereocenters. The van der Waals surface area contributed by atoms with Gasteiger partial charge in [-0.05, 0) is 30.5 Å². The van der Waals surface area contributed by atoms with Gasteiger partial charge in [-0.2, -0.15) is 0 Å². The van der Waals surface area contributed by atoms with Gasteiger partial charge >= 0.3 is 5.97 Å². The highest BCUT2D eigenvalue weighted by molar-refractivity contribution is 5.72. The van der Waals surface area contributed by atoms with E-state index in [1.165, 1.54) is 13.0 Å². The molecular weight excluding hydrogens is 304 g/mol. The number of ether oxygens (including phenoxy) is 1. The fraction of sp³-hybridized carbons (Fsp3) is 0.533. The van der Waals surface area contributed by atoms with Crippen LogP contribution < -0.4 is 0 Å². The van der Waals surface area contributed by atoms with Crippen molar-refractivity contribution >= 4 is 5.97 Å². The van der Waals surface area contributed by atoms with Crippen LogP contribution in [0.2, 0.25) is 0 Å². The number of halogens is 4. The molecule has 0 bridgehead atoms. The first-order valence-corrected chi connectivity index (χ1v) is 6.90. The number of hydrogen-bond acceptors (Lipinski definition) is 2. The highest BCUT2D eigenvalue weighted by Crippen LogP contribution is 2.54. The Labute approximate surface area is 123 Å². The largest absolute Gasteiger partial charge is 0.481 e. The van der Waals surface area contributed by atoms with E-state index < -0.39 is 54.0 Å². The van der Waals surface area contributed by atoms with Crippen molar-refractivity contribution in [3.05, 3.63) is 34.9 Å². The molecule has 0 radical (unpaired) electrons. The number of benzene rings is 1. The maximum atomic E-state index is 13.8. The van der Waals surface area contributed by atoms with Gasteiger partial charge in [0.05, 0.1) is 17.9 Å². The number of fused-ring (bicyclic) bond motifs is 1. The molecule has 1 heterocycles. The van der Waals surface area contributed by atoms with Crippen LogP contribution in [0.15, 0.2) is 12.1 Å². The molecule has 2 fully saturated rings. The Kier molecular flexibility index (Phi) is 3.43. The van der Waals surface area contributed by atoms with Crippen molar-refractivity contribution in [2.75, 3.05) is 6.61 Å². The smallest absolute Gasteiger partial charge is 0.307 e. The van der Waals surface area contributed by atoms with Crippen molar-refractivity contribution in [3.8, 4) is 0 Å². The third kappa shape index (κ3) is 2.10. The zero-order chi connectivity index (χ0) is 16.2. The highest BCUT2D eigenvalue weighted by Gasteiger charge is 2.61. The van der Waals surface area contributed by atoms with E-state index in [9.17, 15) is 27.5 Å². The molecule has 0 unspecified atom stereocenters. The molecule has 1 aliphatic heterocycles. The highest BCUT2D eigenvalue weighted by atomic mass is 19.3. The molecule has 1 aromatic rings. The van der Waals surface area contributed by atoms with Crippen LogP contribution in [0.3, 0.4) is 0 Å². The number of hydrogen-bond donors (Lipinski definition) is 1. The topological polar surface area (TPSA) is 46.5 Å². The van der Waals surface area contributed by atoms with Crippen molar-refractivity contribution in [2.24, 2.45) is 11.8 Å². The lowest BCUT2D eigenvalue weighted by atomic mass is 9.84. The fourth-order valence-corrected chi connectivity index (χ4v) is 3.66. The van der Waals surface area contributed by atoms with Crippen molar-refractivity contribution < 1.29 is 32.2 Å². The molecule has 1 aliphatic carbocycles. The lowest BCUT2D eigenvalue weighted by molar-refractivity contribution is -0.143. The summed E-state index contributed by atoms with van der Waals surface area (Å²) in [6, 6.07) is 2.15. The molecule has 0 spiro atoms. The average molecular weight is 318 g/mol. The molecule has 1 N–H and O–H groups in total. The molecule has 0 amide bonds. The van der Waals surface area contributed by atoms with Crippen LogP contribution in [-0.4, -0.2) is 29.7 Å². The number of carboxylic acid groups (broad SMARTS) is 1. The molecule has 1 saturated heterocycles. The molecule has 3 nitrogen and oxygen atoms in total. The van der Waals surface area contributed by atoms with Crippen LogP contribution in [0, 0.1) is 30.4 Å². The maximum Gasteiger partial charge on any atom is 0.307 e. The Morgan fingerprint density at radius 3 is 2.68 bits per heavy atom. The van der Waals surface area contributed by atoms with Gasteiger partial charge in [-0.25, -0.2) is 17.6 Å². The van der Waals surface area contributed by atoms with Crippen LogP contribution in [0.1, 0.15) is 23.5 Å². The molecule has 7 heteroatoms. The minimum absolute atomic E-state index is 0.0595. The van der Waals surface area contributed by atoms with Gasteiger partial charge in [-0.1, -0.05) is 6.07 Å². The van der Waals surface area contributed by atoms with Crippen molar-refractivity contribution in [3.63, 3.8) is 0 Å². The summed E-state index contributed by atoms with van der Waals surface area (Å²) in [6.07, 6.45) is -1.24. The van der Waals surface area contributed by atoms with Crippen molar-refractivity contribution in [2.45, 2.75) is 31.3 Å². The third-order valence-corrected chi connectivity index (χ3v) is 4.76. The first kappa shape index (κ1) is 15.3. The number of carbonyl (C=O) groups is 1. The van der Waals surface area contributed by atoms with E-state index in [1.54, 1.807) is 0 Å². The van der Waals surface area contributed by atoms with E-state index in [2.05, 4.69) is 0 Å². The van der Waals surface area contributed by atoms with Crippen LogP contribution in [0.4, 0.5) is 17.6 Å². The van der Waals surface area contributed by atoms with E-state index in [0.717, 1.165) is 6.07 Å². The van der Waals surface area contributed by atoms with Gasteiger partial charge in [-0.15, -0.1) is 0 Å². The predicted molar refractivity (Wildman–Crippen MR) is 67.8 cm³/mol. The van der Waals surface area contributed by atoms with Gasteiger partial charge in [0.25, 0.3) is 5.92 Å². The second-order valence-corrected chi connectivity index (χ2v) is 5.92. The van der Waals surface area contributed by atoms with Crippen LogP contribution in [0.25, 0.3) is 0 Å². The molecule has 1 saturated carbocycles. The zero-order valence-corrected chi connectivity index (χ0v) is 11.7. The van der Waals surface area contributed by atoms with Gasteiger partial charge in [0, 0.05) is 5.92 Å². The van der Waals surface area contributed by atoms with Gasteiger partial charge in [0.2, 0.25) is 0 Å². The number of carboxylic acids is 1. The second-order valence-electron chi connectivity index (χ2n) is 5.92. The number of aliphatic carboxylic acids is 1. The summed E-state index contributed by atoms with van der Waals surface area (Å²) >= 11 is 0. The second kappa shape index (κ2) is 4.94. The Hall–Kier alpha value is -1.63. The lowest BCUT2D eigenvalue weighted by Gasteiger charge is -2.23. The summed E-state index contributed by atoms with van der Waals surface area (Å²) in [6.45, 7) is 0.543. The Bertz CT molecular complexity index is 631. The minimum Gasteiger partial charge on any atom is -0.481 e. The van der Waals surface area contributed by atoms with Gasteiger partial charge in [-0.3, -0.25) is 4.79 Å². The van der Waals surface area contributed by atoms with Crippen LogP contribution in [-0.2, 0) is 9.53 Å². The zero-order valence-electron chi connectivity index (χ0n) is 11.7. The lowest BCUT2D eigenvalue weighted by Crippen LogP contribution is -2.27. The average Bonchev–Trinajstić information content (AvgIpc) is 2.95. The van der Waals surface area contributed by atoms with Gasteiger partial charge < -0.3 is 9.84 Å². The fourth-order valence-electron chi connectivity index (χ4n) is 3.66. The SMILES string of the molecule is Cc1c([C@@H]2[C@@H]3OCC(F)(F)[C@@H]3C[C@H]2C(=O)O)ccc(F)c1F. The summed E-state index contributed by atoms with van der Waals surface area (Å²) in [5, 5.41) is 9.32. The molecule has 3 rings (SSSR count). The predicted octanol–water partition coefficient (Wildman–Crippen LogP) is 3.11. The standard InChI is InChI=1S/C15H14F4O3/c1-6-7(2-3-10(16)12(6)17)11-8(14(20)21)4-9-13(11)22-5-15(9,18)19/h2-3,8-9,11,13H,4-5H2,1H3,(H,20,21)/t8-,9-,11+,13-/m1/s1. The molecule has 2 aliphatic rings. The Morgan fingerprint density at radius 2 is 2.05 bits per heavy atom. The van der Waals surface area contributed by atoms with Gasteiger partial charge in [0.1, 0.15) is 6.61 Å². The molecular formula is C15H14F4O3. The quantitative estimate of drug-likeness (QED) is 0.852. The van der Waals surface area contributed by atoms with E-state index in [4.69, 9.17) is 4.74 Å². The van der Waals surface area contributed by atoms with E-state index in [-0.39, 0.29) is 17.5 Å². The monoisotopic (exact) mass is 318 g/mol. The normalized spacial score (nSPS) is 33.0. The summed E-state index contributed by atoms with van der Waals surface area (Å²) in [7, 11) is 0. The van der Waals surface area contributed by atoms with Crippen molar-refractivity contribution in [1.82, 2.24) is 0 Å². The summed E-state index contributed by atoms with van der Waals surface area (Å²) in [5.74, 6) is -9.71. The molecule has 120 valence electrons. The minimum atomic E-state index is -3.10. The first-order chi connectivity index (χ1) is 10.2. The number of rotatable bonds is 2. The van der Waals surface area contributed by atoms with E-state index in [1.807, 2.05) is 0 Å². The van der Waals surface area contributed by atoms with Crippen LogP contribution >= 0.6 is 0 Å². The van der Waals surface area contributed by atoms with E-state index in [0.29, 0.717) is 0 Å². The van der Waals surface area contributed by atoms with Crippen LogP contribution in [0.5, 0.6) is 0 Å². The Morgan fingerprint density at radius 1 is 1.36 bits per heavy atom. The van der Waals surface area contributed by atoms with E-state index >= 15 is 0 Å². The summed E-state index contributed by atoms with van der Waals surface area (Å²) in [4.78, 5) is 11.4. The summed E-state index contributed by atoms with van der Waals surface area (Å²) < 4.78 is 59.8. The van der Waals surface area contributed by atoms with Crippen molar-refractivity contribution in [1.29, 1.82) is 0 Å². The number of alkyl halides is 2. The molecule has 0 aromatic heterocycles. The van der Waals surface area contributed by atoms with Gasteiger partial charge in [0.15, 0.2) is 11.6 Å². The molecule has 1 aromatic carbocycles. The Balaban J connectivity index is 2.07.